The van der Waals surface area contributed by atoms with Gasteiger partial charge in [0.2, 0.25) is 0 Å². The van der Waals surface area contributed by atoms with E-state index in [-0.39, 0.29) is 6.03 Å². The van der Waals surface area contributed by atoms with E-state index in [4.69, 9.17) is 4.74 Å². The third-order valence-electron chi connectivity index (χ3n) is 2.75. The predicted molar refractivity (Wildman–Crippen MR) is 69.7 cm³/mol. The summed E-state index contributed by atoms with van der Waals surface area (Å²) in [6.07, 6.45) is 3.50. The molecule has 1 aromatic heterocycles. The first-order chi connectivity index (χ1) is 8.24. The van der Waals surface area contributed by atoms with Crippen LogP contribution in [0.4, 0.5) is 9.80 Å². The van der Waals surface area contributed by atoms with Crippen LogP contribution in [0.5, 0.6) is 0 Å². The van der Waals surface area contributed by atoms with Crippen LogP contribution in [0.1, 0.15) is 24.1 Å². The molecule has 5 heteroatoms. The van der Waals surface area contributed by atoms with Crippen LogP contribution in [0.2, 0.25) is 0 Å². The lowest BCUT2D eigenvalue weighted by Gasteiger charge is -2.10. The molecule has 1 aliphatic rings. The summed E-state index contributed by atoms with van der Waals surface area (Å²) in [5.74, 6) is 0. The van der Waals surface area contributed by atoms with Crippen molar-refractivity contribution in [2.45, 2.75) is 32.3 Å². The molecule has 0 radical (unpaired) electrons. The molecule has 1 aliphatic heterocycles. The van der Waals surface area contributed by atoms with Crippen molar-refractivity contribution >= 4 is 22.4 Å². The quantitative estimate of drug-likeness (QED) is 0.868. The Morgan fingerprint density at radius 2 is 2.47 bits per heavy atom. The predicted octanol–water partition coefficient (Wildman–Crippen LogP) is 2.75. The number of hydrogen-bond donors (Lipinski definition) is 2. The van der Waals surface area contributed by atoms with Crippen LogP contribution in [0.25, 0.3) is 0 Å². The van der Waals surface area contributed by atoms with Gasteiger partial charge in [-0.25, -0.2) is 4.79 Å². The Labute approximate surface area is 105 Å². The molecule has 2 N–H and O–H groups in total. The van der Waals surface area contributed by atoms with Crippen molar-refractivity contribution in [3.8, 4) is 0 Å². The van der Waals surface area contributed by atoms with Gasteiger partial charge in [0.1, 0.15) is 0 Å². The summed E-state index contributed by atoms with van der Waals surface area (Å²) in [5.41, 5.74) is 0. The molecule has 0 saturated carbocycles. The molecular formula is C12H18N2O2S. The van der Waals surface area contributed by atoms with Crippen LogP contribution in [-0.4, -0.2) is 25.3 Å². The number of hydrogen-bond acceptors (Lipinski definition) is 3. The number of anilines is 1. The number of aryl methyl sites for hydroxylation is 1. The molecule has 0 spiro atoms. The fourth-order valence-corrected chi connectivity index (χ4v) is 2.64. The normalized spacial score (nSPS) is 19.2. The van der Waals surface area contributed by atoms with Gasteiger partial charge in [-0.2, -0.15) is 0 Å². The van der Waals surface area contributed by atoms with Gasteiger partial charge in [-0.05, 0) is 38.3 Å². The number of thiophene rings is 1. The van der Waals surface area contributed by atoms with Crippen molar-refractivity contribution < 1.29 is 9.53 Å². The van der Waals surface area contributed by atoms with E-state index in [1.165, 1.54) is 4.88 Å². The number of ether oxygens (including phenoxy) is 1. The van der Waals surface area contributed by atoms with E-state index in [1.807, 2.05) is 19.1 Å². The first kappa shape index (κ1) is 12.4. The van der Waals surface area contributed by atoms with Gasteiger partial charge in [-0.3, -0.25) is 5.32 Å². The maximum absolute atomic E-state index is 11.5. The summed E-state index contributed by atoms with van der Waals surface area (Å²) in [6, 6.07) is 3.77. The Bertz CT molecular complexity index is 372. The van der Waals surface area contributed by atoms with Crippen molar-refractivity contribution in [2.75, 3.05) is 18.5 Å². The first-order valence-electron chi connectivity index (χ1n) is 5.97. The highest BCUT2D eigenvalue weighted by atomic mass is 32.1. The zero-order valence-electron chi connectivity index (χ0n) is 9.99. The van der Waals surface area contributed by atoms with Gasteiger partial charge in [0.15, 0.2) is 0 Å². The zero-order valence-corrected chi connectivity index (χ0v) is 10.8. The molecule has 2 rings (SSSR count). The molecule has 94 valence electrons. The van der Waals surface area contributed by atoms with Gasteiger partial charge in [-0.15, -0.1) is 11.3 Å². The van der Waals surface area contributed by atoms with Crippen LogP contribution in [-0.2, 0) is 4.74 Å². The topological polar surface area (TPSA) is 50.4 Å². The van der Waals surface area contributed by atoms with Crippen LogP contribution in [0.3, 0.4) is 0 Å². The van der Waals surface area contributed by atoms with E-state index in [0.29, 0.717) is 12.6 Å². The smallest absolute Gasteiger partial charge is 0.319 e. The summed E-state index contributed by atoms with van der Waals surface area (Å²) in [5, 5.41) is 6.55. The van der Waals surface area contributed by atoms with Crippen molar-refractivity contribution in [3.63, 3.8) is 0 Å². The lowest BCUT2D eigenvalue weighted by molar-refractivity contribution is 0.105. The van der Waals surface area contributed by atoms with Gasteiger partial charge < -0.3 is 10.1 Å². The number of nitrogens with one attached hydrogen (secondary N) is 2. The molecular weight excluding hydrogens is 236 g/mol. The minimum Gasteiger partial charge on any atom is -0.378 e. The van der Waals surface area contributed by atoms with E-state index in [1.54, 1.807) is 11.3 Å². The summed E-state index contributed by atoms with van der Waals surface area (Å²) in [6.45, 7) is 3.55. The Morgan fingerprint density at radius 1 is 1.59 bits per heavy atom. The molecule has 1 aromatic rings. The highest BCUT2D eigenvalue weighted by molar-refractivity contribution is 7.16. The Balaban J connectivity index is 1.63. The van der Waals surface area contributed by atoms with E-state index in [2.05, 4.69) is 10.6 Å². The van der Waals surface area contributed by atoms with E-state index >= 15 is 0 Å². The maximum atomic E-state index is 11.5. The number of urea groups is 1. The number of amides is 2. The van der Waals surface area contributed by atoms with E-state index < -0.39 is 0 Å². The van der Waals surface area contributed by atoms with Gasteiger partial charge in [0, 0.05) is 18.0 Å². The molecule has 2 amide bonds. The molecule has 0 bridgehead atoms. The average molecular weight is 254 g/mol. The highest BCUT2D eigenvalue weighted by Gasteiger charge is 2.15. The maximum Gasteiger partial charge on any atom is 0.319 e. The second kappa shape index (κ2) is 6.02. The average Bonchev–Trinajstić information content (AvgIpc) is 2.90. The molecule has 2 heterocycles. The van der Waals surface area contributed by atoms with Gasteiger partial charge in [0.25, 0.3) is 0 Å². The van der Waals surface area contributed by atoms with Crippen molar-refractivity contribution in [1.29, 1.82) is 0 Å². The summed E-state index contributed by atoms with van der Waals surface area (Å²) in [4.78, 5) is 12.7. The second-order valence-electron chi connectivity index (χ2n) is 4.21. The van der Waals surface area contributed by atoms with Crippen LogP contribution in [0.15, 0.2) is 12.1 Å². The minimum atomic E-state index is -0.134. The SMILES string of the molecule is Cc1ccc(NC(=O)NCC[C@H]2CCCO2)s1. The van der Waals surface area contributed by atoms with Crippen molar-refractivity contribution in [3.05, 3.63) is 17.0 Å². The van der Waals surface area contributed by atoms with Gasteiger partial charge in [0.05, 0.1) is 11.1 Å². The first-order valence-corrected chi connectivity index (χ1v) is 6.78. The van der Waals surface area contributed by atoms with Crippen molar-refractivity contribution in [2.24, 2.45) is 0 Å². The molecule has 4 nitrogen and oxygen atoms in total. The Kier molecular flexibility index (Phi) is 4.39. The fourth-order valence-electron chi connectivity index (χ4n) is 1.88. The van der Waals surface area contributed by atoms with Crippen LogP contribution in [0, 0.1) is 6.92 Å². The molecule has 1 saturated heterocycles. The van der Waals surface area contributed by atoms with Crippen molar-refractivity contribution in [1.82, 2.24) is 5.32 Å². The minimum absolute atomic E-state index is 0.134. The van der Waals surface area contributed by atoms with Gasteiger partial charge in [-0.1, -0.05) is 0 Å². The second-order valence-corrected chi connectivity index (χ2v) is 5.50. The summed E-state index contributed by atoms with van der Waals surface area (Å²) in [7, 11) is 0. The standard InChI is InChI=1S/C12H18N2O2S/c1-9-4-5-11(17-9)14-12(15)13-7-6-10-3-2-8-16-10/h4-5,10H,2-3,6-8H2,1H3,(H2,13,14,15)/t10-/m1/s1. The molecule has 17 heavy (non-hydrogen) atoms. The molecule has 0 aromatic carbocycles. The molecule has 0 aliphatic carbocycles. The summed E-state index contributed by atoms with van der Waals surface area (Å²) >= 11 is 1.58. The fraction of sp³-hybridized carbons (Fsp3) is 0.583. The molecule has 1 fully saturated rings. The third-order valence-corrected chi connectivity index (χ3v) is 3.67. The van der Waals surface area contributed by atoms with E-state index in [0.717, 1.165) is 30.9 Å². The molecule has 0 unspecified atom stereocenters. The molecule has 1 atom stereocenters. The van der Waals surface area contributed by atoms with E-state index in [9.17, 15) is 4.79 Å². The summed E-state index contributed by atoms with van der Waals surface area (Å²) < 4.78 is 5.49. The van der Waals surface area contributed by atoms with Gasteiger partial charge >= 0.3 is 6.03 Å². The monoisotopic (exact) mass is 254 g/mol. The lowest BCUT2D eigenvalue weighted by Crippen LogP contribution is -2.30. The number of carbonyl (C=O) groups is 1. The van der Waals surface area contributed by atoms with Crippen LogP contribution >= 0.6 is 11.3 Å². The Hall–Kier alpha value is -1.07. The third kappa shape index (κ3) is 4.02. The zero-order chi connectivity index (χ0) is 12.1. The lowest BCUT2D eigenvalue weighted by atomic mass is 10.2. The highest BCUT2D eigenvalue weighted by Crippen LogP contribution is 2.20. The Morgan fingerprint density at radius 3 is 3.12 bits per heavy atom. The largest absolute Gasteiger partial charge is 0.378 e. The number of carbonyl (C=O) groups excluding carboxylic acids is 1. The van der Waals surface area contributed by atoms with Crippen LogP contribution < -0.4 is 10.6 Å². The number of rotatable bonds is 4.